The van der Waals surface area contributed by atoms with E-state index in [4.69, 9.17) is 5.73 Å². The van der Waals surface area contributed by atoms with Gasteiger partial charge in [0.25, 0.3) is 0 Å². The molecule has 0 bridgehead atoms. The molecule has 0 atom stereocenters. The van der Waals surface area contributed by atoms with E-state index in [2.05, 4.69) is 10.3 Å². The number of ketones is 1. The van der Waals surface area contributed by atoms with Crippen molar-refractivity contribution in [3.8, 4) is 11.5 Å². The molecule has 0 aromatic heterocycles. The average molecular weight is 321 g/mol. The summed E-state index contributed by atoms with van der Waals surface area (Å²) in [7, 11) is 0. The van der Waals surface area contributed by atoms with Gasteiger partial charge in [0.1, 0.15) is 11.5 Å². The molecule has 0 saturated carbocycles. The molecule has 1 aliphatic carbocycles. The van der Waals surface area contributed by atoms with Crippen LogP contribution in [0.5, 0.6) is 11.5 Å². The largest absolute Gasteiger partial charge is 0.508 e. The average Bonchev–Trinajstić information content (AvgIpc) is 2.56. The number of aromatic hydroxyl groups is 2. The molecule has 0 spiro atoms. The molecule has 5 N–H and O–H groups in total. The van der Waals surface area contributed by atoms with E-state index >= 15 is 0 Å². The number of carbonyl (C=O) groups excluding carboxylic acids is 1. The zero-order chi connectivity index (χ0) is 17.1. The molecule has 2 aromatic carbocycles. The van der Waals surface area contributed by atoms with Crippen LogP contribution in [0.4, 0.5) is 11.4 Å². The highest BCUT2D eigenvalue weighted by atomic mass is 16.3. The minimum absolute atomic E-state index is 0.142. The van der Waals surface area contributed by atoms with Gasteiger partial charge in [0, 0.05) is 11.8 Å². The van der Waals surface area contributed by atoms with Crippen molar-refractivity contribution in [1.29, 1.82) is 0 Å². The number of nitrogens with one attached hydrogen (secondary N) is 1. The van der Waals surface area contributed by atoms with Crippen LogP contribution in [0.3, 0.4) is 0 Å². The summed E-state index contributed by atoms with van der Waals surface area (Å²) in [6, 6.07) is 12.7. The zero-order valence-corrected chi connectivity index (χ0v) is 12.6. The van der Waals surface area contributed by atoms with Crippen molar-refractivity contribution >= 4 is 22.9 Å². The molecule has 0 unspecified atom stereocenters. The van der Waals surface area contributed by atoms with Crippen molar-refractivity contribution in [2.45, 2.75) is 0 Å². The van der Waals surface area contributed by atoms with E-state index < -0.39 is 0 Å². The SMILES string of the molecule is NC1=CC(=O)C(Nc2ccc(O)cc2)=C/C1=N\c1ccc(O)cc1. The van der Waals surface area contributed by atoms with Crippen LogP contribution < -0.4 is 11.1 Å². The summed E-state index contributed by atoms with van der Waals surface area (Å²) >= 11 is 0. The normalized spacial score (nSPS) is 15.8. The predicted molar refractivity (Wildman–Crippen MR) is 92.3 cm³/mol. The van der Waals surface area contributed by atoms with E-state index in [0.29, 0.717) is 22.8 Å². The van der Waals surface area contributed by atoms with Gasteiger partial charge in [0.2, 0.25) is 5.78 Å². The van der Waals surface area contributed by atoms with E-state index in [1.807, 2.05) is 0 Å². The summed E-state index contributed by atoms with van der Waals surface area (Å²) in [5, 5.41) is 21.6. The number of hydrogen-bond donors (Lipinski definition) is 4. The molecule has 24 heavy (non-hydrogen) atoms. The molecule has 1 aliphatic rings. The van der Waals surface area contributed by atoms with Crippen LogP contribution >= 0.6 is 0 Å². The lowest BCUT2D eigenvalue weighted by atomic mass is 10.1. The summed E-state index contributed by atoms with van der Waals surface area (Å²) < 4.78 is 0. The third-order valence-electron chi connectivity index (χ3n) is 3.37. The molecule has 2 aromatic rings. The number of aliphatic imine (C=N–C) groups is 1. The lowest BCUT2D eigenvalue weighted by molar-refractivity contribution is -0.111. The maximum atomic E-state index is 12.1. The molecule has 120 valence electrons. The van der Waals surface area contributed by atoms with E-state index in [-0.39, 0.29) is 23.0 Å². The van der Waals surface area contributed by atoms with Gasteiger partial charge in [0.15, 0.2) is 0 Å². The number of hydrogen-bond acceptors (Lipinski definition) is 6. The van der Waals surface area contributed by atoms with Crippen molar-refractivity contribution < 1.29 is 15.0 Å². The Balaban J connectivity index is 1.90. The smallest absolute Gasteiger partial charge is 0.204 e. The molecule has 6 heteroatoms. The summed E-state index contributed by atoms with van der Waals surface area (Å²) in [5.41, 5.74) is 8.18. The maximum absolute atomic E-state index is 12.1. The molecule has 0 radical (unpaired) electrons. The molecular formula is C18H15N3O3. The minimum Gasteiger partial charge on any atom is -0.508 e. The van der Waals surface area contributed by atoms with Crippen LogP contribution in [0.1, 0.15) is 0 Å². The van der Waals surface area contributed by atoms with Crippen LogP contribution in [0.15, 0.2) is 77.1 Å². The molecule has 3 rings (SSSR count). The maximum Gasteiger partial charge on any atom is 0.204 e. The third-order valence-corrected chi connectivity index (χ3v) is 3.37. The zero-order valence-electron chi connectivity index (χ0n) is 12.6. The fourth-order valence-corrected chi connectivity index (χ4v) is 2.15. The highest BCUT2D eigenvalue weighted by molar-refractivity contribution is 6.23. The fourth-order valence-electron chi connectivity index (χ4n) is 2.15. The monoisotopic (exact) mass is 321 g/mol. The van der Waals surface area contributed by atoms with Gasteiger partial charge >= 0.3 is 0 Å². The molecule has 0 aliphatic heterocycles. The summed E-state index contributed by atoms with van der Waals surface area (Å²) in [5.74, 6) is 0.0277. The van der Waals surface area contributed by atoms with Crippen molar-refractivity contribution in [2.24, 2.45) is 10.7 Å². The predicted octanol–water partition coefficient (Wildman–Crippen LogP) is 2.59. The van der Waals surface area contributed by atoms with Crippen molar-refractivity contribution in [2.75, 3.05) is 5.32 Å². The van der Waals surface area contributed by atoms with Crippen LogP contribution in [-0.4, -0.2) is 21.7 Å². The van der Waals surface area contributed by atoms with E-state index in [1.165, 1.54) is 30.3 Å². The first-order valence-corrected chi connectivity index (χ1v) is 7.18. The first-order chi connectivity index (χ1) is 11.5. The third kappa shape index (κ3) is 3.44. The fraction of sp³-hybridized carbons (Fsp3) is 0. The van der Waals surface area contributed by atoms with Crippen LogP contribution in [-0.2, 0) is 4.79 Å². The lowest BCUT2D eigenvalue weighted by Crippen LogP contribution is -2.22. The first-order valence-electron chi connectivity index (χ1n) is 7.18. The number of phenols is 2. The topological polar surface area (TPSA) is 108 Å². The molecule has 0 amide bonds. The Bertz CT molecular complexity index is 863. The molecule has 0 saturated heterocycles. The van der Waals surface area contributed by atoms with Gasteiger partial charge in [-0.05, 0) is 54.6 Å². The van der Waals surface area contributed by atoms with Gasteiger partial charge in [-0.2, -0.15) is 0 Å². The van der Waals surface area contributed by atoms with E-state index in [0.717, 1.165) is 0 Å². The van der Waals surface area contributed by atoms with Gasteiger partial charge in [-0.15, -0.1) is 0 Å². The number of rotatable bonds is 3. The van der Waals surface area contributed by atoms with Crippen LogP contribution in [0, 0.1) is 0 Å². The Morgan fingerprint density at radius 1 is 0.875 bits per heavy atom. The van der Waals surface area contributed by atoms with Gasteiger partial charge in [0.05, 0.1) is 22.8 Å². The van der Waals surface area contributed by atoms with Gasteiger partial charge in [-0.3, -0.25) is 4.79 Å². The highest BCUT2D eigenvalue weighted by Crippen LogP contribution is 2.21. The number of benzene rings is 2. The second-order valence-corrected chi connectivity index (χ2v) is 5.21. The van der Waals surface area contributed by atoms with Crippen molar-refractivity contribution in [3.05, 3.63) is 72.1 Å². The van der Waals surface area contributed by atoms with Crippen LogP contribution in [0.25, 0.3) is 0 Å². The van der Waals surface area contributed by atoms with Crippen molar-refractivity contribution in [3.63, 3.8) is 0 Å². The molecular weight excluding hydrogens is 306 g/mol. The Labute approximate surface area is 138 Å². The number of nitrogens with two attached hydrogens (primary N) is 1. The second-order valence-electron chi connectivity index (χ2n) is 5.21. The van der Waals surface area contributed by atoms with Gasteiger partial charge in [-0.1, -0.05) is 0 Å². The minimum atomic E-state index is -0.259. The molecule has 0 heterocycles. The van der Waals surface area contributed by atoms with Gasteiger partial charge < -0.3 is 21.3 Å². The summed E-state index contributed by atoms with van der Waals surface area (Å²) in [6.45, 7) is 0. The standard InChI is InChI=1S/C18H15N3O3/c19-15-9-18(24)17(21-12-3-7-14(23)8-4-12)10-16(15)20-11-1-5-13(22)6-2-11/h1-10,21-23H,19H2/b20-16+. The lowest BCUT2D eigenvalue weighted by Gasteiger charge is -2.14. The molecule has 0 fully saturated rings. The number of carbonyl (C=O) groups is 1. The number of anilines is 1. The Hall–Kier alpha value is -3.54. The van der Waals surface area contributed by atoms with Crippen molar-refractivity contribution in [1.82, 2.24) is 0 Å². The van der Waals surface area contributed by atoms with E-state index in [9.17, 15) is 15.0 Å². The summed E-state index contributed by atoms with van der Waals surface area (Å²) in [6.07, 6.45) is 2.87. The number of phenolic OH excluding ortho intramolecular Hbond substituents is 2. The first kappa shape index (κ1) is 15.4. The van der Waals surface area contributed by atoms with Gasteiger partial charge in [-0.25, -0.2) is 4.99 Å². The second kappa shape index (κ2) is 6.29. The Kier molecular flexibility index (Phi) is 4.03. The van der Waals surface area contributed by atoms with E-state index in [1.54, 1.807) is 30.3 Å². The number of allylic oxidation sites excluding steroid dienone is 2. The highest BCUT2D eigenvalue weighted by Gasteiger charge is 2.17. The quantitative estimate of drug-likeness (QED) is 0.513. The Morgan fingerprint density at radius 2 is 1.46 bits per heavy atom. The Morgan fingerprint density at radius 3 is 2.08 bits per heavy atom. The summed E-state index contributed by atoms with van der Waals surface area (Å²) in [4.78, 5) is 16.5. The van der Waals surface area contributed by atoms with Crippen LogP contribution in [0.2, 0.25) is 0 Å². The number of nitrogens with zero attached hydrogens (tertiary/aromatic N) is 1. The molecule has 6 nitrogen and oxygen atoms in total.